The minimum Gasteiger partial charge on any atom is -0.497 e. The highest BCUT2D eigenvalue weighted by Crippen LogP contribution is 2.29. The van der Waals surface area contributed by atoms with Crippen molar-refractivity contribution in [3.05, 3.63) is 65.2 Å². The van der Waals surface area contributed by atoms with Gasteiger partial charge in [-0.1, -0.05) is 24.3 Å². The first-order valence-corrected chi connectivity index (χ1v) is 9.58. The number of carbonyl (C=O) groups excluding carboxylic acids is 1. The minimum atomic E-state index is -4.35. The minimum absolute atomic E-state index is 0.0839. The Bertz CT molecular complexity index is 819. The number of alkyl halides is 3. The summed E-state index contributed by atoms with van der Waals surface area (Å²) < 4.78 is 43.2. The molecule has 1 fully saturated rings. The maximum absolute atomic E-state index is 12.7. The summed E-state index contributed by atoms with van der Waals surface area (Å²) >= 11 is 0. The third-order valence-corrected chi connectivity index (χ3v) is 5.37. The van der Waals surface area contributed by atoms with Crippen LogP contribution in [0.5, 0.6) is 5.75 Å². The van der Waals surface area contributed by atoms with E-state index in [9.17, 15) is 18.0 Å². The quantitative estimate of drug-likeness (QED) is 0.650. The molecule has 2 amide bonds. The van der Waals surface area contributed by atoms with Crippen molar-refractivity contribution in [2.75, 3.05) is 20.7 Å². The second-order valence-electron chi connectivity index (χ2n) is 7.36. The van der Waals surface area contributed by atoms with Gasteiger partial charge in [-0.15, -0.1) is 0 Å². The lowest BCUT2D eigenvalue weighted by molar-refractivity contribution is -0.137. The highest BCUT2D eigenvalue weighted by Gasteiger charge is 2.34. The molecule has 1 aliphatic heterocycles. The van der Waals surface area contributed by atoms with E-state index in [4.69, 9.17) is 4.74 Å². The van der Waals surface area contributed by atoms with Gasteiger partial charge in [0.15, 0.2) is 0 Å². The number of hydrogen-bond donors (Lipinski definition) is 0. The van der Waals surface area contributed by atoms with Crippen molar-refractivity contribution in [2.45, 2.75) is 38.0 Å². The number of hydrogen-bond acceptors (Lipinski definition) is 2. The predicted octanol–water partition coefficient (Wildman–Crippen LogP) is 4.97. The van der Waals surface area contributed by atoms with Gasteiger partial charge in [0.1, 0.15) is 5.75 Å². The average Bonchev–Trinajstić information content (AvgIpc) is 2.96. The number of rotatable bonds is 7. The Morgan fingerprint density at radius 1 is 1.03 bits per heavy atom. The van der Waals surface area contributed by atoms with Gasteiger partial charge in [0.2, 0.25) is 0 Å². The molecule has 2 aromatic carbocycles. The standard InChI is InChI=1S/C22H25F3N2O2/c1-26-19(5-3-4-16-8-12-20(29-2)13-9-16)15-27(21(26)28)14-17-6-10-18(11-7-17)22(23,24)25/h6-13,19H,3-5,14-15H2,1-2H3. The monoisotopic (exact) mass is 406 g/mol. The predicted molar refractivity (Wildman–Crippen MR) is 105 cm³/mol. The van der Waals surface area contributed by atoms with Gasteiger partial charge in [-0.25, -0.2) is 4.79 Å². The summed E-state index contributed by atoms with van der Waals surface area (Å²) in [4.78, 5) is 15.9. The van der Waals surface area contributed by atoms with E-state index in [1.807, 2.05) is 24.3 Å². The van der Waals surface area contributed by atoms with Crippen LogP contribution < -0.4 is 4.74 Å². The molecule has 2 aromatic rings. The molecule has 0 bridgehead atoms. The second-order valence-corrected chi connectivity index (χ2v) is 7.36. The molecule has 0 aliphatic carbocycles. The van der Waals surface area contributed by atoms with Crippen LogP contribution in [0.2, 0.25) is 0 Å². The Labute approximate surface area is 168 Å². The molecule has 0 aromatic heterocycles. The van der Waals surface area contributed by atoms with E-state index in [-0.39, 0.29) is 12.1 Å². The topological polar surface area (TPSA) is 32.8 Å². The van der Waals surface area contributed by atoms with Gasteiger partial charge >= 0.3 is 12.2 Å². The SMILES string of the molecule is COc1ccc(CCCC2CN(Cc3ccc(C(F)(F)F)cc3)C(=O)N2C)cc1. The van der Waals surface area contributed by atoms with E-state index in [0.717, 1.165) is 37.1 Å². The summed E-state index contributed by atoms with van der Waals surface area (Å²) in [6.45, 7) is 0.898. The van der Waals surface area contributed by atoms with Gasteiger partial charge in [0, 0.05) is 20.1 Å². The molecule has 1 unspecified atom stereocenters. The molecule has 7 heteroatoms. The zero-order valence-corrected chi connectivity index (χ0v) is 16.6. The first-order valence-electron chi connectivity index (χ1n) is 9.58. The first-order chi connectivity index (χ1) is 13.8. The summed E-state index contributed by atoms with van der Waals surface area (Å²) in [7, 11) is 3.42. The zero-order valence-electron chi connectivity index (χ0n) is 16.6. The van der Waals surface area contributed by atoms with Crippen LogP contribution in [0.15, 0.2) is 48.5 Å². The summed E-state index contributed by atoms with van der Waals surface area (Å²) in [5.74, 6) is 0.828. The number of methoxy groups -OCH3 is 1. The Kier molecular flexibility index (Phi) is 6.35. The van der Waals surface area contributed by atoms with Crippen molar-refractivity contribution in [2.24, 2.45) is 0 Å². The van der Waals surface area contributed by atoms with Crippen LogP contribution in [0.3, 0.4) is 0 Å². The normalized spacial score (nSPS) is 17.1. The number of benzene rings is 2. The average molecular weight is 406 g/mol. The lowest BCUT2D eigenvalue weighted by atomic mass is 10.0. The molecule has 0 saturated carbocycles. The van der Waals surface area contributed by atoms with Crippen LogP contribution in [-0.4, -0.2) is 42.6 Å². The number of ether oxygens (including phenoxy) is 1. The summed E-state index contributed by atoms with van der Waals surface area (Å²) in [5, 5.41) is 0. The fourth-order valence-electron chi connectivity index (χ4n) is 3.60. The fourth-order valence-corrected chi connectivity index (χ4v) is 3.60. The van der Waals surface area contributed by atoms with Crippen molar-refractivity contribution in [1.82, 2.24) is 9.80 Å². The van der Waals surface area contributed by atoms with Gasteiger partial charge < -0.3 is 14.5 Å². The Morgan fingerprint density at radius 2 is 1.66 bits per heavy atom. The van der Waals surface area contributed by atoms with E-state index in [2.05, 4.69) is 0 Å². The lowest BCUT2D eigenvalue weighted by Gasteiger charge is -2.17. The van der Waals surface area contributed by atoms with E-state index < -0.39 is 11.7 Å². The summed E-state index contributed by atoms with van der Waals surface area (Å²) in [6.07, 6.45) is -1.61. The molecule has 4 nitrogen and oxygen atoms in total. The summed E-state index contributed by atoms with van der Waals surface area (Å²) in [6, 6.07) is 13.0. The number of amides is 2. The van der Waals surface area contributed by atoms with Crippen molar-refractivity contribution in [3.63, 3.8) is 0 Å². The van der Waals surface area contributed by atoms with Gasteiger partial charge in [0.05, 0.1) is 18.7 Å². The van der Waals surface area contributed by atoms with Crippen molar-refractivity contribution in [1.29, 1.82) is 0 Å². The van der Waals surface area contributed by atoms with Crippen LogP contribution in [0.4, 0.5) is 18.0 Å². The van der Waals surface area contributed by atoms with Crippen LogP contribution >= 0.6 is 0 Å². The van der Waals surface area contributed by atoms with Crippen molar-refractivity contribution < 1.29 is 22.7 Å². The molecule has 0 spiro atoms. The summed E-state index contributed by atoms with van der Waals surface area (Å²) in [5.41, 5.74) is 1.24. The molecule has 0 radical (unpaired) electrons. The molecule has 156 valence electrons. The smallest absolute Gasteiger partial charge is 0.416 e. The third-order valence-electron chi connectivity index (χ3n) is 5.37. The number of halogens is 3. The molecule has 0 N–H and O–H groups in total. The lowest BCUT2D eigenvalue weighted by Crippen LogP contribution is -2.31. The van der Waals surface area contributed by atoms with Crippen molar-refractivity contribution in [3.8, 4) is 5.75 Å². The number of nitrogens with zero attached hydrogens (tertiary/aromatic N) is 2. The molecule has 3 rings (SSSR count). The number of aryl methyl sites for hydroxylation is 1. The largest absolute Gasteiger partial charge is 0.497 e. The Balaban J connectivity index is 1.52. The molecule has 1 heterocycles. The Morgan fingerprint density at radius 3 is 2.24 bits per heavy atom. The highest BCUT2D eigenvalue weighted by molar-refractivity contribution is 5.76. The van der Waals surface area contributed by atoms with Gasteiger partial charge in [-0.3, -0.25) is 0 Å². The molecule has 29 heavy (non-hydrogen) atoms. The van der Waals surface area contributed by atoms with E-state index >= 15 is 0 Å². The maximum atomic E-state index is 12.7. The van der Waals surface area contributed by atoms with Crippen LogP contribution in [-0.2, 0) is 19.1 Å². The van der Waals surface area contributed by atoms with Gasteiger partial charge in [0.25, 0.3) is 0 Å². The van der Waals surface area contributed by atoms with Crippen LogP contribution in [0, 0.1) is 0 Å². The van der Waals surface area contributed by atoms with E-state index in [0.29, 0.717) is 18.7 Å². The molecular formula is C22H25F3N2O2. The number of likely N-dealkylation sites (N-methyl/N-ethyl adjacent to an activating group) is 1. The van der Waals surface area contributed by atoms with Crippen LogP contribution in [0.25, 0.3) is 0 Å². The zero-order chi connectivity index (χ0) is 21.0. The molecule has 1 saturated heterocycles. The fraction of sp³-hybridized carbons (Fsp3) is 0.409. The second kappa shape index (κ2) is 8.76. The molecular weight excluding hydrogens is 381 g/mol. The highest BCUT2D eigenvalue weighted by atomic mass is 19.4. The number of urea groups is 1. The maximum Gasteiger partial charge on any atom is 0.416 e. The Hall–Kier alpha value is -2.70. The third kappa shape index (κ3) is 5.22. The van der Waals surface area contributed by atoms with Crippen LogP contribution in [0.1, 0.15) is 29.5 Å². The van der Waals surface area contributed by atoms with Gasteiger partial charge in [-0.2, -0.15) is 13.2 Å². The molecule has 1 atom stereocenters. The van der Waals surface area contributed by atoms with E-state index in [1.54, 1.807) is 24.0 Å². The first kappa shape index (κ1) is 21.0. The van der Waals surface area contributed by atoms with Crippen molar-refractivity contribution >= 4 is 6.03 Å². The van der Waals surface area contributed by atoms with E-state index in [1.165, 1.54) is 17.7 Å². The molecule has 1 aliphatic rings. The number of carbonyl (C=O) groups is 1. The van der Waals surface area contributed by atoms with Gasteiger partial charge in [-0.05, 0) is 54.7 Å².